The van der Waals surface area contributed by atoms with Crippen LogP contribution in [0.4, 0.5) is 8.78 Å². The lowest BCUT2D eigenvalue weighted by atomic mass is 10.3. The first-order chi connectivity index (χ1) is 6.56. The molecule has 0 aliphatic heterocycles. The number of halogens is 4. The molecule has 0 saturated heterocycles. The average Bonchev–Trinajstić information content (AvgIpc) is 2.13. The molecular weight excluding hydrogens is 253 g/mol. The Labute approximate surface area is 94.3 Å². The van der Waals surface area contributed by atoms with Gasteiger partial charge in [-0.2, -0.15) is 8.78 Å². The maximum atomic E-state index is 12.0. The summed E-state index contributed by atoms with van der Waals surface area (Å²) in [5.41, 5.74) is 0. The molecule has 0 radical (unpaired) electrons. The lowest BCUT2D eigenvalue weighted by Crippen LogP contribution is -2.03. The summed E-state index contributed by atoms with van der Waals surface area (Å²) in [6.45, 7) is -2.91. The summed E-state index contributed by atoms with van der Waals surface area (Å²) in [6.07, 6.45) is 1.73. The first-order valence-electron chi connectivity index (χ1n) is 3.53. The second-order valence-electron chi connectivity index (χ2n) is 2.27. The number of alkyl halides is 2. The van der Waals surface area contributed by atoms with Crippen molar-refractivity contribution in [1.82, 2.24) is 0 Å². The van der Waals surface area contributed by atoms with E-state index in [4.69, 9.17) is 23.2 Å². The number of rotatable bonds is 3. The predicted octanol–water partition coefficient (Wildman–Crippen LogP) is 4.32. The van der Waals surface area contributed by atoms with Gasteiger partial charge in [-0.05, 0) is 18.4 Å². The summed E-state index contributed by atoms with van der Waals surface area (Å²) in [5, 5.41) is 0.207. The molecule has 0 spiro atoms. The number of hydrogen-bond acceptors (Lipinski definition) is 2. The lowest BCUT2D eigenvalue weighted by molar-refractivity contribution is -0.0515. The largest absolute Gasteiger partial charge is 0.432 e. The van der Waals surface area contributed by atoms with E-state index in [0.29, 0.717) is 4.90 Å². The maximum Gasteiger partial charge on any atom is 0.387 e. The molecule has 0 bridgehead atoms. The Kier molecular flexibility index (Phi) is 4.29. The molecule has 0 saturated carbocycles. The van der Waals surface area contributed by atoms with Gasteiger partial charge in [-0.25, -0.2) is 0 Å². The van der Waals surface area contributed by atoms with E-state index >= 15 is 0 Å². The fraction of sp³-hybridized carbons (Fsp3) is 0.250. The highest BCUT2D eigenvalue weighted by Gasteiger charge is 2.15. The molecule has 1 rings (SSSR count). The molecule has 78 valence electrons. The van der Waals surface area contributed by atoms with Crippen LogP contribution in [0.2, 0.25) is 10.0 Å². The molecule has 0 aromatic heterocycles. The van der Waals surface area contributed by atoms with Crippen molar-refractivity contribution in [2.75, 3.05) is 6.26 Å². The highest BCUT2D eigenvalue weighted by molar-refractivity contribution is 7.98. The minimum absolute atomic E-state index is 0.0128. The SMILES string of the molecule is CSc1ccc(Cl)c(Cl)c1OC(F)F. The molecular formula is C8H6Cl2F2OS. The van der Waals surface area contributed by atoms with Crippen LogP contribution < -0.4 is 4.74 Å². The number of thioether (sulfide) groups is 1. The van der Waals surface area contributed by atoms with Gasteiger partial charge in [0.25, 0.3) is 0 Å². The third-order valence-electron chi connectivity index (χ3n) is 1.44. The van der Waals surface area contributed by atoms with Gasteiger partial charge in [-0.1, -0.05) is 23.2 Å². The number of hydrogen-bond donors (Lipinski definition) is 0. The van der Waals surface area contributed by atoms with Gasteiger partial charge in [0.05, 0.1) is 9.92 Å². The zero-order valence-corrected chi connectivity index (χ0v) is 9.39. The van der Waals surface area contributed by atoms with Crippen LogP contribution in [0.5, 0.6) is 5.75 Å². The quantitative estimate of drug-likeness (QED) is 0.747. The van der Waals surface area contributed by atoms with Crippen LogP contribution in [-0.2, 0) is 0 Å². The zero-order valence-electron chi connectivity index (χ0n) is 7.06. The fourth-order valence-electron chi connectivity index (χ4n) is 0.874. The van der Waals surface area contributed by atoms with Gasteiger partial charge in [-0.3, -0.25) is 0 Å². The van der Waals surface area contributed by atoms with Crippen LogP contribution in [-0.4, -0.2) is 12.9 Å². The van der Waals surface area contributed by atoms with Crippen molar-refractivity contribution < 1.29 is 13.5 Å². The lowest BCUT2D eigenvalue weighted by Gasteiger charge is -2.11. The Morgan fingerprint density at radius 1 is 1.36 bits per heavy atom. The van der Waals surface area contributed by atoms with Gasteiger partial charge in [0.1, 0.15) is 5.02 Å². The summed E-state index contributed by atoms with van der Waals surface area (Å²) in [6, 6.07) is 3.12. The Morgan fingerprint density at radius 2 is 2.00 bits per heavy atom. The van der Waals surface area contributed by atoms with Crippen molar-refractivity contribution in [3.05, 3.63) is 22.2 Å². The van der Waals surface area contributed by atoms with Crippen LogP contribution in [0, 0.1) is 0 Å². The zero-order chi connectivity index (χ0) is 10.7. The minimum atomic E-state index is -2.91. The van der Waals surface area contributed by atoms with E-state index in [-0.39, 0.29) is 15.8 Å². The van der Waals surface area contributed by atoms with E-state index in [1.165, 1.54) is 17.8 Å². The molecule has 1 aromatic carbocycles. The van der Waals surface area contributed by atoms with Crippen molar-refractivity contribution in [2.45, 2.75) is 11.5 Å². The summed E-state index contributed by atoms with van der Waals surface area (Å²) in [4.78, 5) is 0.528. The standard InChI is InChI=1S/C8H6Cl2F2OS/c1-14-5-3-2-4(9)6(10)7(5)13-8(11)12/h2-3,8H,1H3. The van der Waals surface area contributed by atoms with Crippen molar-refractivity contribution in [2.24, 2.45) is 0 Å². The molecule has 0 aliphatic carbocycles. The molecule has 0 heterocycles. The van der Waals surface area contributed by atoms with Crippen molar-refractivity contribution in [3.63, 3.8) is 0 Å². The van der Waals surface area contributed by atoms with E-state index < -0.39 is 6.61 Å². The van der Waals surface area contributed by atoms with Gasteiger partial charge in [0.2, 0.25) is 0 Å². The highest BCUT2D eigenvalue weighted by Crippen LogP contribution is 2.40. The van der Waals surface area contributed by atoms with Gasteiger partial charge in [0.15, 0.2) is 5.75 Å². The fourth-order valence-corrected chi connectivity index (χ4v) is 1.83. The Morgan fingerprint density at radius 3 is 2.50 bits per heavy atom. The molecule has 0 atom stereocenters. The van der Waals surface area contributed by atoms with Gasteiger partial charge in [-0.15, -0.1) is 11.8 Å². The summed E-state index contributed by atoms with van der Waals surface area (Å²) in [5.74, 6) is -0.0679. The Hall–Kier alpha value is -0.190. The van der Waals surface area contributed by atoms with E-state index in [2.05, 4.69) is 4.74 Å². The number of benzene rings is 1. The monoisotopic (exact) mass is 258 g/mol. The second kappa shape index (κ2) is 5.05. The number of ether oxygens (including phenoxy) is 1. The summed E-state index contributed by atoms with van der Waals surface area (Å²) < 4.78 is 28.3. The molecule has 1 nitrogen and oxygen atoms in total. The smallest absolute Gasteiger partial charge is 0.387 e. The normalized spacial score (nSPS) is 10.7. The first-order valence-corrected chi connectivity index (χ1v) is 5.51. The third-order valence-corrected chi connectivity index (χ3v) is 2.99. The van der Waals surface area contributed by atoms with E-state index in [0.717, 1.165) is 0 Å². The Balaban J connectivity index is 3.14. The van der Waals surface area contributed by atoms with Gasteiger partial charge < -0.3 is 4.74 Å². The van der Waals surface area contributed by atoms with Crippen LogP contribution >= 0.6 is 35.0 Å². The average molecular weight is 259 g/mol. The second-order valence-corrected chi connectivity index (χ2v) is 3.90. The molecule has 0 N–H and O–H groups in total. The maximum absolute atomic E-state index is 12.0. The van der Waals surface area contributed by atoms with E-state index in [1.54, 1.807) is 12.3 Å². The van der Waals surface area contributed by atoms with Crippen molar-refractivity contribution in [1.29, 1.82) is 0 Å². The molecule has 0 amide bonds. The third kappa shape index (κ3) is 2.65. The minimum Gasteiger partial charge on any atom is -0.432 e. The highest BCUT2D eigenvalue weighted by atomic mass is 35.5. The van der Waals surface area contributed by atoms with Crippen LogP contribution in [0.3, 0.4) is 0 Å². The van der Waals surface area contributed by atoms with Crippen LogP contribution in [0.25, 0.3) is 0 Å². The first kappa shape index (κ1) is 11.9. The molecule has 0 unspecified atom stereocenters. The molecule has 1 aromatic rings. The van der Waals surface area contributed by atoms with Gasteiger partial charge >= 0.3 is 6.61 Å². The van der Waals surface area contributed by atoms with Gasteiger partial charge in [0, 0.05) is 0 Å². The van der Waals surface area contributed by atoms with Crippen molar-refractivity contribution >= 4 is 35.0 Å². The summed E-state index contributed by atoms with van der Waals surface area (Å²) in [7, 11) is 0. The van der Waals surface area contributed by atoms with Crippen LogP contribution in [0.15, 0.2) is 17.0 Å². The molecule has 6 heteroatoms. The molecule has 0 aliphatic rings. The van der Waals surface area contributed by atoms with E-state index in [9.17, 15) is 8.78 Å². The summed E-state index contributed by atoms with van der Waals surface area (Å²) >= 11 is 12.6. The van der Waals surface area contributed by atoms with E-state index in [1.807, 2.05) is 0 Å². The van der Waals surface area contributed by atoms with Crippen molar-refractivity contribution in [3.8, 4) is 5.75 Å². The van der Waals surface area contributed by atoms with Crippen LogP contribution in [0.1, 0.15) is 0 Å². The Bertz CT molecular complexity index is 333. The topological polar surface area (TPSA) is 9.23 Å². The molecule has 0 fully saturated rings. The molecule has 14 heavy (non-hydrogen) atoms. The predicted molar refractivity (Wildman–Crippen MR) is 54.9 cm³/mol.